The Kier molecular flexibility index (Phi) is 5.65. The van der Waals surface area contributed by atoms with Crippen molar-refractivity contribution in [1.29, 1.82) is 0 Å². The number of hydrogen-bond acceptors (Lipinski definition) is 4. The van der Waals surface area contributed by atoms with E-state index in [0.717, 1.165) is 18.1 Å². The van der Waals surface area contributed by atoms with Crippen LogP contribution in [0, 0.1) is 5.92 Å². The van der Waals surface area contributed by atoms with Crippen LogP contribution in [-0.2, 0) is 6.42 Å². The average molecular weight is 258 g/mol. The highest BCUT2D eigenvalue weighted by Gasteiger charge is 2.13. The minimum Gasteiger partial charge on any atom is -0.396 e. The lowest BCUT2D eigenvalue weighted by Gasteiger charge is -2.22. The van der Waals surface area contributed by atoms with Crippen molar-refractivity contribution in [1.82, 2.24) is 9.97 Å². The first-order chi connectivity index (χ1) is 8.06. The van der Waals surface area contributed by atoms with Crippen molar-refractivity contribution in [3.05, 3.63) is 17.0 Å². The molecule has 0 spiro atoms. The fraction of sp³-hybridized carbons (Fsp3) is 0.667. The smallest absolute Gasteiger partial charge is 0.134 e. The zero-order valence-corrected chi connectivity index (χ0v) is 11.3. The zero-order valence-electron chi connectivity index (χ0n) is 10.6. The van der Waals surface area contributed by atoms with E-state index in [1.165, 1.54) is 0 Å². The first kappa shape index (κ1) is 14.2. The van der Waals surface area contributed by atoms with E-state index in [-0.39, 0.29) is 12.6 Å². The highest BCUT2D eigenvalue weighted by Crippen LogP contribution is 2.16. The lowest BCUT2D eigenvalue weighted by Crippen LogP contribution is -2.27. The van der Waals surface area contributed by atoms with Crippen LogP contribution in [0.5, 0.6) is 0 Å². The average Bonchev–Trinajstić information content (AvgIpc) is 2.27. The monoisotopic (exact) mass is 257 g/mol. The molecule has 2 N–H and O–H groups in total. The third kappa shape index (κ3) is 4.48. The lowest BCUT2D eigenvalue weighted by atomic mass is 10.0. The molecule has 0 aliphatic carbocycles. The maximum Gasteiger partial charge on any atom is 0.134 e. The van der Waals surface area contributed by atoms with Gasteiger partial charge in [0.1, 0.15) is 16.8 Å². The van der Waals surface area contributed by atoms with Crippen molar-refractivity contribution < 1.29 is 5.11 Å². The Morgan fingerprint density at radius 2 is 2.12 bits per heavy atom. The summed E-state index contributed by atoms with van der Waals surface area (Å²) in [6.07, 6.45) is 1.45. The third-order valence-corrected chi connectivity index (χ3v) is 2.83. The molecule has 0 saturated carbocycles. The normalized spacial score (nSPS) is 12.8. The fourth-order valence-corrected chi connectivity index (χ4v) is 1.80. The summed E-state index contributed by atoms with van der Waals surface area (Å²) in [6, 6.07) is 1.91. The van der Waals surface area contributed by atoms with Crippen molar-refractivity contribution in [3.8, 4) is 0 Å². The quantitative estimate of drug-likeness (QED) is 0.769. The topological polar surface area (TPSA) is 58.0 Å². The molecule has 17 heavy (non-hydrogen) atoms. The molecule has 1 unspecified atom stereocenters. The number of aromatic nitrogens is 2. The number of aliphatic hydroxyl groups excluding tert-OH is 1. The third-order valence-electron chi connectivity index (χ3n) is 2.64. The number of aliphatic hydroxyl groups is 1. The molecule has 0 fully saturated rings. The van der Waals surface area contributed by atoms with Gasteiger partial charge in [-0.3, -0.25) is 0 Å². The first-order valence-corrected chi connectivity index (χ1v) is 6.35. The van der Waals surface area contributed by atoms with Crippen molar-refractivity contribution in [3.63, 3.8) is 0 Å². The molecular formula is C12H20ClN3O. The molecule has 1 aromatic heterocycles. The van der Waals surface area contributed by atoms with Crippen LogP contribution >= 0.6 is 11.6 Å². The number of nitrogens with one attached hydrogen (secondary N) is 1. The van der Waals surface area contributed by atoms with Crippen molar-refractivity contribution in [2.45, 2.75) is 39.7 Å². The van der Waals surface area contributed by atoms with Crippen LogP contribution in [0.1, 0.15) is 33.0 Å². The molecule has 0 amide bonds. The fourth-order valence-electron chi connectivity index (χ4n) is 1.60. The van der Waals surface area contributed by atoms with Crippen LogP contribution in [0.4, 0.5) is 5.82 Å². The second-order valence-electron chi connectivity index (χ2n) is 4.35. The van der Waals surface area contributed by atoms with E-state index in [0.29, 0.717) is 17.5 Å². The number of rotatable bonds is 6. The van der Waals surface area contributed by atoms with E-state index in [4.69, 9.17) is 16.7 Å². The molecule has 0 aliphatic rings. The second-order valence-corrected chi connectivity index (χ2v) is 4.74. The minimum atomic E-state index is 0.162. The van der Waals surface area contributed by atoms with Gasteiger partial charge in [0.25, 0.3) is 0 Å². The van der Waals surface area contributed by atoms with Crippen molar-refractivity contribution in [2.24, 2.45) is 5.92 Å². The molecule has 0 radical (unpaired) electrons. The lowest BCUT2D eigenvalue weighted by molar-refractivity contribution is 0.267. The van der Waals surface area contributed by atoms with E-state index in [9.17, 15) is 0 Å². The van der Waals surface area contributed by atoms with Crippen LogP contribution in [0.25, 0.3) is 0 Å². The molecule has 0 aromatic carbocycles. The maximum atomic E-state index is 9.02. The molecule has 1 rings (SSSR count). The summed E-state index contributed by atoms with van der Waals surface area (Å²) in [6.45, 7) is 6.37. The number of nitrogens with zero attached hydrogens (tertiary/aromatic N) is 2. The Morgan fingerprint density at radius 1 is 1.41 bits per heavy atom. The molecule has 5 heteroatoms. The van der Waals surface area contributed by atoms with E-state index in [1.54, 1.807) is 6.07 Å². The second kappa shape index (κ2) is 6.77. The molecule has 0 bridgehead atoms. The van der Waals surface area contributed by atoms with E-state index in [2.05, 4.69) is 29.1 Å². The minimum absolute atomic E-state index is 0.162. The largest absolute Gasteiger partial charge is 0.396 e. The van der Waals surface area contributed by atoms with E-state index in [1.807, 2.05) is 6.92 Å². The summed E-state index contributed by atoms with van der Waals surface area (Å²) in [5.41, 5.74) is 0. The summed E-state index contributed by atoms with van der Waals surface area (Å²) in [5.74, 6) is 1.88. The molecule has 0 aliphatic heterocycles. The Bertz CT molecular complexity index is 358. The van der Waals surface area contributed by atoms with Crippen LogP contribution in [-0.4, -0.2) is 27.7 Å². The highest BCUT2D eigenvalue weighted by atomic mass is 35.5. The van der Waals surface area contributed by atoms with Gasteiger partial charge in [-0.1, -0.05) is 32.4 Å². The summed E-state index contributed by atoms with van der Waals surface area (Å²) in [4.78, 5) is 8.48. The van der Waals surface area contributed by atoms with Gasteiger partial charge >= 0.3 is 0 Å². The van der Waals surface area contributed by atoms with Gasteiger partial charge in [0.05, 0.1) is 0 Å². The van der Waals surface area contributed by atoms with Gasteiger partial charge in [-0.05, 0) is 12.3 Å². The molecule has 4 nitrogen and oxygen atoms in total. The summed E-state index contributed by atoms with van der Waals surface area (Å²) in [5, 5.41) is 12.8. The summed E-state index contributed by atoms with van der Waals surface area (Å²) in [7, 11) is 0. The molecule has 1 atom stereocenters. The predicted octanol–water partition coefficient (Wildman–Crippen LogP) is 2.51. The Labute approximate surface area is 107 Å². The van der Waals surface area contributed by atoms with Gasteiger partial charge in [-0.25, -0.2) is 9.97 Å². The molecular weight excluding hydrogens is 238 g/mol. The SMILES string of the molecule is CCc1nc(Cl)cc(NC(CCO)C(C)C)n1. The maximum absolute atomic E-state index is 9.02. The van der Waals surface area contributed by atoms with Gasteiger partial charge in [-0.15, -0.1) is 0 Å². The highest BCUT2D eigenvalue weighted by molar-refractivity contribution is 6.29. The van der Waals surface area contributed by atoms with Gasteiger partial charge in [0, 0.05) is 25.1 Å². The van der Waals surface area contributed by atoms with Crippen LogP contribution in [0.2, 0.25) is 5.15 Å². The van der Waals surface area contributed by atoms with Crippen molar-refractivity contribution >= 4 is 17.4 Å². The van der Waals surface area contributed by atoms with Crippen LogP contribution < -0.4 is 5.32 Å². The summed E-state index contributed by atoms with van der Waals surface area (Å²) < 4.78 is 0. The number of aryl methyl sites for hydroxylation is 1. The van der Waals surface area contributed by atoms with Gasteiger partial charge in [-0.2, -0.15) is 0 Å². The van der Waals surface area contributed by atoms with E-state index >= 15 is 0 Å². The van der Waals surface area contributed by atoms with Crippen molar-refractivity contribution in [2.75, 3.05) is 11.9 Å². The summed E-state index contributed by atoms with van der Waals surface area (Å²) >= 11 is 5.93. The molecule has 1 heterocycles. The predicted molar refractivity (Wildman–Crippen MR) is 70.4 cm³/mol. The number of anilines is 1. The number of halogens is 1. The first-order valence-electron chi connectivity index (χ1n) is 5.97. The molecule has 0 saturated heterocycles. The van der Waals surface area contributed by atoms with Gasteiger partial charge < -0.3 is 10.4 Å². The van der Waals surface area contributed by atoms with Crippen LogP contribution in [0.15, 0.2) is 6.07 Å². The Balaban J connectivity index is 2.81. The Hall–Kier alpha value is -0.870. The standard InChI is InChI=1S/C12H20ClN3O/c1-4-11-15-10(13)7-12(16-11)14-9(5-6-17)8(2)3/h7-9,17H,4-6H2,1-3H3,(H,14,15,16). The zero-order chi connectivity index (χ0) is 12.8. The Morgan fingerprint density at radius 3 is 2.65 bits per heavy atom. The molecule has 1 aromatic rings. The van der Waals surface area contributed by atoms with Gasteiger partial charge in [0.2, 0.25) is 0 Å². The van der Waals surface area contributed by atoms with Gasteiger partial charge in [0.15, 0.2) is 0 Å². The number of hydrogen-bond donors (Lipinski definition) is 2. The molecule has 96 valence electrons. The van der Waals surface area contributed by atoms with E-state index < -0.39 is 0 Å². The van der Waals surface area contributed by atoms with Crippen LogP contribution in [0.3, 0.4) is 0 Å².